The highest BCUT2D eigenvalue weighted by Crippen LogP contribution is 2.49. The van der Waals surface area contributed by atoms with Gasteiger partial charge < -0.3 is 10.8 Å². The minimum Gasteiger partial charge on any atom is -0.481 e. The van der Waals surface area contributed by atoms with Crippen molar-refractivity contribution in [1.82, 2.24) is 0 Å². The van der Waals surface area contributed by atoms with Crippen molar-refractivity contribution in [3.8, 4) is 0 Å². The third-order valence-electron chi connectivity index (χ3n) is 3.64. The van der Waals surface area contributed by atoms with Crippen molar-refractivity contribution in [2.45, 2.75) is 36.5 Å². The highest BCUT2D eigenvalue weighted by molar-refractivity contribution is 7.92. The van der Waals surface area contributed by atoms with E-state index in [-0.39, 0.29) is 37.0 Å². The molecule has 3 N–H and O–H groups in total. The lowest BCUT2D eigenvalue weighted by Crippen LogP contribution is -2.58. The lowest BCUT2D eigenvalue weighted by Gasteiger charge is -2.48. The molecule has 0 aromatic heterocycles. The zero-order valence-corrected chi connectivity index (χ0v) is 10.4. The van der Waals surface area contributed by atoms with Crippen LogP contribution >= 0.6 is 12.4 Å². The van der Waals surface area contributed by atoms with E-state index in [1.165, 1.54) is 0 Å². The van der Waals surface area contributed by atoms with Crippen molar-refractivity contribution in [2.75, 3.05) is 5.75 Å². The molecule has 2 fully saturated rings. The second-order valence-electron chi connectivity index (χ2n) is 4.70. The van der Waals surface area contributed by atoms with E-state index < -0.39 is 26.5 Å². The maximum Gasteiger partial charge on any atom is 0.306 e. The van der Waals surface area contributed by atoms with Gasteiger partial charge in [0.05, 0.1) is 16.4 Å². The molecule has 1 atom stereocenters. The Morgan fingerprint density at radius 3 is 2.38 bits per heavy atom. The fourth-order valence-corrected chi connectivity index (χ4v) is 5.09. The molecular formula is C9H16ClNO4S. The van der Waals surface area contributed by atoms with Crippen LogP contribution in [-0.4, -0.2) is 36.0 Å². The Hall–Kier alpha value is -0.330. The first-order chi connectivity index (χ1) is 6.86. The fraction of sp³-hybridized carbons (Fsp3) is 0.889. The van der Waals surface area contributed by atoms with E-state index in [9.17, 15) is 13.2 Å². The lowest BCUT2D eigenvalue weighted by atomic mass is 9.70. The Morgan fingerprint density at radius 1 is 1.31 bits per heavy atom. The van der Waals surface area contributed by atoms with E-state index in [2.05, 4.69) is 0 Å². The third kappa shape index (κ3) is 1.94. The monoisotopic (exact) mass is 269 g/mol. The van der Waals surface area contributed by atoms with E-state index in [1.807, 2.05) is 0 Å². The quantitative estimate of drug-likeness (QED) is 0.708. The van der Waals surface area contributed by atoms with Gasteiger partial charge in [0.15, 0.2) is 9.84 Å². The topological polar surface area (TPSA) is 97.5 Å². The summed E-state index contributed by atoms with van der Waals surface area (Å²) in [5, 5.41) is 8.76. The third-order valence-corrected chi connectivity index (χ3v) is 6.23. The van der Waals surface area contributed by atoms with Gasteiger partial charge in [-0.05, 0) is 25.7 Å². The van der Waals surface area contributed by atoms with E-state index in [1.54, 1.807) is 0 Å². The summed E-state index contributed by atoms with van der Waals surface area (Å²) in [5.41, 5.74) is 5.75. The molecule has 5 nitrogen and oxygen atoms in total. The highest BCUT2D eigenvalue weighted by atomic mass is 35.5. The van der Waals surface area contributed by atoms with Crippen LogP contribution in [0.25, 0.3) is 0 Å². The van der Waals surface area contributed by atoms with E-state index >= 15 is 0 Å². The molecule has 1 heterocycles. The van der Waals surface area contributed by atoms with Gasteiger partial charge in [-0.2, -0.15) is 0 Å². The number of hydrogen-bond donors (Lipinski definition) is 2. The number of carboxylic acids is 1. The summed E-state index contributed by atoms with van der Waals surface area (Å²) in [6, 6.07) is -0.0942. The first-order valence-corrected chi connectivity index (χ1v) is 6.72. The summed E-state index contributed by atoms with van der Waals surface area (Å²) in [6.45, 7) is 0. The molecule has 7 heteroatoms. The van der Waals surface area contributed by atoms with Gasteiger partial charge >= 0.3 is 5.97 Å². The Morgan fingerprint density at radius 2 is 1.88 bits per heavy atom. The molecule has 2 rings (SSSR count). The van der Waals surface area contributed by atoms with Crippen molar-refractivity contribution in [3.63, 3.8) is 0 Å². The van der Waals surface area contributed by atoms with Crippen molar-refractivity contribution in [1.29, 1.82) is 0 Å². The van der Waals surface area contributed by atoms with Crippen LogP contribution in [0.2, 0.25) is 0 Å². The number of aliphatic carboxylic acids is 1. The zero-order valence-electron chi connectivity index (χ0n) is 8.76. The standard InChI is InChI=1S/C9H15NO4S.ClH/c10-7-1-2-15(13,14)9(5-7)3-6(4-9)8(11)12;/h6-7H,1-5,10H2,(H,11,12);1H. The number of sulfone groups is 1. The molecular weight excluding hydrogens is 254 g/mol. The number of rotatable bonds is 1. The molecule has 1 aliphatic heterocycles. The highest BCUT2D eigenvalue weighted by Gasteiger charge is 2.57. The van der Waals surface area contributed by atoms with Gasteiger partial charge in [-0.25, -0.2) is 8.42 Å². The van der Waals surface area contributed by atoms with E-state index in [0.717, 1.165) is 0 Å². The van der Waals surface area contributed by atoms with Crippen LogP contribution in [0.5, 0.6) is 0 Å². The van der Waals surface area contributed by atoms with Gasteiger partial charge in [-0.15, -0.1) is 12.4 Å². The van der Waals surface area contributed by atoms with Crippen LogP contribution in [0.4, 0.5) is 0 Å². The predicted octanol–water partition coefficient (Wildman–Crippen LogP) is 0.177. The van der Waals surface area contributed by atoms with Gasteiger partial charge in [-0.1, -0.05) is 0 Å². The van der Waals surface area contributed by atoms with E-state index in [0.29, 0.717) is 12.8 Å². The molecule has 1 spiro atoms. The lowest BCUT2D eigenvalue weighted by molar-refractivity contribution is -0.145. The summed E-state index contributed by atoms with van der Waals surface area (Å²) in [7, 11) is -3.13. The molecule has 0 aromatic rings. The summed E-state index contributed by atoms with van der Waals surface area (Å²) in [5.74, 6) is -1.28. The molecule has 0 aromatic carbocycles. The van der Waals surface area contributed by atoms with Gasteiger partial charge in [-0.3, -0.25) is 4.79 Å². The van der Waals surface area contributed by atoms with Crippen LogP contribution in [0.1, 0.15) is 25.7 Å². The average molecular weight is 270 g/mol. The molecule has 1 saturated heterocycles. The Kier molecular flexibility index (Phi) is 3.57. The number of halogens is 1. The number of carboxylic acid groups (broad SMARTS) is 1. The second-order valence-corrected chi connectivity index (χ2v) is 7.20. The normalized spacial score (nSPS) is 40.8. The zero-order chi connectivity index (χ0) is 11.3. The minimum absolute atomic E-state index is 0. The minimum atomic E-state index is -3.13. The van der Waals surface area contributed by atoms with Crippen LogP contribution in [0.3, 0.4) is 0 Å². The fourth-order valence-electron chi connectivity index (χ4n) is 2.66. The molecule has 0 amide bonds. The number of nitrogens with two attached hydrogens (primary N) is 1. The summed E-state index contributed by atoms with van der Waals surface area (Å²) < 4.78 is 22.9. The number of carbonyl (C=O) groups is 1. The Bertz CT molecular complexity index is 388. The first-order valence-electron chi connectivity index (χ1n) is 5.07. The number of hydrogen-bond acceptors (Lipinski definition) is 4. The molecule has 1 saturated carbocycles. The molecule has 0 radical (unpaired) electrons. The molecule has 1 aliphatic carbocycles. The smallest absolute Gasteiger partial charge is 0.306 e. The molecule has 2 aliphatic rings. The largest absolute Gasteiger partial charge is 0.481 e. The van der Waals surface area contributed by atoms with Crippen LogP contribution in [-0.2, 0) is 14.6 Å². The van der Waals surface area contributed by atoms with Gasteiger partial charge in [0, 0.05) is 6.04 Å². The van der Waals surface area contributed by atoms with Gasteiger partial charge in [0.1, 0.15) is 0 Å². The Balaban J connectivity index is 0.00000128. The molecule has 0 bridgehead atoms. The first kappa shape index (κ1) is 13.7. The maximum absolute atomic E-state index is 11.9. The van der Waals surface area contributed by atoms with Crippen molar-refractivity contribution in [2.24, 2.45) is 11.7 Å². The van der Waals surface area contributed by atoms with Crippen LogP contribution in [0, 0.1) is 5.92 Å². The average Bonchev–Trinajstić information content (AvgIpc) is 2.04. The summed E-state index contributed by atoms with van der Waals surface area (Å²) in [4.78, 5) is 10.7. The second kappa shape index (κ2) is 4.16. The van der Waals surface area contributed by atoms with Gasteiger partial charge in [0.25, 0.3) is 0 Å². The predicted molar refractivity (Wildman–Crippen MR) is 61.3 cm³/mol. The summed E-state index contributed by atoms with van der Waals surface area (Å²) in [6.07, 6.45) is 1.43. The summed E-state index contributed by atoms with van der Waals surface area (Å²) >= 11 is 0. The molecule has 94 valence electrons. The van der Waals surface area contributed by atoms with Gasteiger partial charge in [0.2, 0.25) is 0 Å². The SMILES string of the molecule is Cl.NC1CCS(=O)(=O)C2(C1)CC(C(=O)O)C2. The van der Waals surface area contributed by atoms with E-state index in [4.69, 9.17) is 10.8 Å². The maximum atomic E-state index is 11.9. The van der Waals surface area contributed by atoms with Crippen molar-refractivity contribution < 1.29 is 18.3 Å². The van der Waals surface area contributed by atoms with Crippen LogP contribution in [0.15, 0.2) is 0 Å². The van der Waals surface area contributed by atoms with Crippen molar-refractivity contribution >= 4 is 28.2 Å². The molecule has 1 unspecified atom stereocenters. The van der Waals surface area contributed by atoms with Crippen molar-refractivity contribution in [3.05, 3.63) is 0 Å². The molecule has 16 heavy (non-hydrogen) atoms. The van der Waals surface area contributed by atoms with Crippen LogP contribution < -0.4 is 5.73 Å². The Labute approximate surface area is 101 Å².